The standard InChI is InChI=1S/C37H25Br/c1-23-11-12-29(28-16-14-26-13-15-27(26)21-28)22-35(23)37-34-10-6-4-8-32(34)31-7-3-5-9-33(31)36(37)24(2)25-17-19-30(38)20-18-25/h3-22H,2H2,1H3. The monoisotopic (exact) mass is 548 g/mol. The second-order valence-electron chi connectivity index (χ2n) is 10.0. The molecule has 0 aromatic heterocycles. The van der Waals surface area contributed by atoms with E-state index in [0.29, 0.717) is 0 Å². The van der Waals surface area contributed by atoms with Gasteiger partial charge in [0.2, 0.25) is 0 Å². The van der Waals surface area contributed by atoms with E-state index in [1.54, 1.807) is 0 Å². The molecular formula is C37H25Br. The van der Waals surface area contributed by atoms with Crippen LogP contribution in [0.25, 0.3) is 61.5 Å². The fourth-order valence-corrected chi connectivity index (χ4v) is 6.00. The van der Waals surface area contributed by atoms with Crippen LogP contribution in [0.3, 0.4) is 0 Å². The minimum Gasteiger partial charge on any atom is -0.0905 e. The van der Waals surface area contributed by atoms with E-state index in [1.165, 1.54) is 65.4 Å². The number of aryl methyl sites for hydroxylation is 1. The van der Waals surface area contributed by atoms with Crippen LogP contribution in [0, 0.1) is 6.92 Å². The summed E-state index contributed by atoms with van der Waals surface area (Å²) in [4.78, 5) is 0. The van der Waals surface area contributed by atoms with Crippen LogP contribution in [0.4, 0.5) is 0 Å². The molecule has 0 bridgehead atoms. The maximum atomic E-state index is 4.68. The first-order valence-corrected chi connectivity index (χ1v) is 13.7. The van der Waals surface area contributed by atoms with Gasteiger partial charge in [-0.25, -0.2) is 0 Å². The Morgan fingerprint density at radius 3 is 1.89 bits per heavy atom. The lowest BCUT2D eigenvalue weighted by Gasteiger charge is -2.22. The van der Waals surface area contributed by atoms with Gasteiger partial charge in [0, 0.05) is 4.47 Å². The molecule has 0 nitrogen and oxygen atoms in total. The minimum absolute atomic E-state index is 1.03. The number of benzene rings is 6. The molecule has 7 rings (SSSR count). The van der Waals surface area contributed by atoms with Crippen LogP contribution in [0.5, 0.6) is 0 Å². The molecule has 0 fully saturated rings. The fourth-order valence-electron chi connectivity index (χ4n) is 5.73. The highest BCUT2D eigenvalue weighted by atomic mass is 79.9. The normalized spacial score (nSPS) is 11.9. The van der Waals surface area contributed by atoms with Crippen LogP contribution in [0.1, 0.15) is 16.7 Å². The average Bonchev–Trinajstić information content (AvgIpc) is 2.93. The molecule has 6 aromatic rings. The Labute approximate surface area is 231 Å². The third-order valence-electron chi connectivity index (χ3n) is 7.80. The van der Waals surface area contributed by atoms with Crippen molar-refractivity contribution in [3.63, 3.8) is 0 Å². The topological polar surface area (TPSA) is 0 Å². The summed E-state index contributed by atoms with van der Waals surface area (Å²) in [6, 6.07) is 39.6. The van der Waals surface area contributed by atoms with Gasteiger partial charge in [-0.1, -0.05) is 120 Å². The summed E-state index contributed by atoms with van der Waals surface area (Å²) >= 11 is 3.59. The van der Waals surface area contributed by atoms with E-state index in [0.717, 1.165) is 15.6 Å². The highest BCUT2D eigenvalue weighted by Gasteiger charge is 2.20. The maximum absolute atomic E-state index is 4.68. The smallest absolute Gasteiger partial charge is 0.0175 e. The highest BCUT2D eigenvalue weighted by Crippen LogP contribution is 2.45. The van der Waals surface area contributed by atoms with Crippen LogP contribution in [-0.4, -0.2) is 0 Å². The molecular weight excluding hydrogens is 524 g/mol. The molecule has 0 aliphatic heterocycles. The molecule has 0 spiro atoms. The molecule has 0 radical (unpaired) electrons. The lowest BCUT2D eigenvalue weighted by Crippen LogP contribution is -2.29. The van der Waals surface area contributed by atoms with Crippen molar-refractivity contribution in [2.45, 2.75) is 6.92 Å². The van der Waals surface area contributed by atoms with Crippen molar-refractivity contribution in [1.29, 1.82) is 0 Å². The molecule has 0 saturated heterocycles. The van der Waals surface area contributed by atoms with Gasteiger partial charge in [0.25, 0.3) is 0 Å². The zero-order valence-corrected chi connectivity index (χ0v) is 22.7. The molecule has 1 aliphatic rings. The predicted octanol–water partition coefficient (Wildman–Crippen LogP) is 9.03. The number of hydrogen-bond donors (Lipinski definition) is 0. The predicted molar refractivity (Wildman–Crippen MR) is 168 cm³/mol. The Hall–Kier alpha value is -4.20. The van der Waals surface area contributed by atoms with Gasteiger partial charge in [-0.05, 0) is 108 Å². The van der Waals surface area contributed by atoms with Crippen molar-refractivity contribution in [3.8, 4) is 22.3 Å². The number of halogens is 1. The van der Waals surface area contributed by atoms with Crippen molar-refractivity contribution in [3.05, 3.63) is 147 Å². The Kier molecular flexibility index (Phi) is 5.42. The Morgan fingerprint density at radius 2 is 1.21 bits per heavy atom. The van der Waals surface area contributed by atoms with Gasteiger partial charge in [0.15, 0.2) is 0 Å². The molecule has 180 valence electrons. The van der Waals surface area contributed by atoms with E-state index in [9.17, 15) is 0 Å². The van der Waals surface area contributed by atoms with Gasteiger partial charge in [-0.2, -0.15) is 0 Å². The SMILES string of the molecule is C=C(c1ccc(Br)cc1)c1c(-c2cc(-c3ccc4c(c3)=CC=4)ccc2C)c2ccccc2c2ccccc12. The number of hydrogen-bond acceptors (Lipinski definition) is 0. The molecule has 0 unspecified atom stereocenters. The molecule has 6 aromatic carbocycles. The van der Waals surface area contributed by atoms with Gasteiger partial charge in [0.1, 0.15) is 0 Å². The summed E-state index contributed by atoms with van der Waals surface area (Å²) in [5.74, 6) is 0. The molecule has 38 heavy (non-hydrogen) atoms. The lowest BCUT2D eigenvalue weighted by molar-refractivity contribution is 1.44. The van der Waals surface area contributed by atoms with E-state index in [2.05, 4.69) is 151 Å². The second kappa shape index (κ2) is 8.97. The van der Waals surface area contributed by atoms with Gasteiger partial charge in [0.05, 0.1) is 0 Å². The van der Waals surface area contributed by atoms with Gasteiger partial charge in [-0.15, -0.1) is 0 Å². The Bertz CT molecular complexity index is 2040. The first kappa shape index (κ1) is 23.0. The minimum atomic E-state index is 1.03. The summed E-state index contributed by atoms with van der Waals surface area (Å²) in [5, 5.41) is 7.62. The van der Waals surface area contributed by atoms with Crippen molar-refractivity contribution in [2.75, 3.05) is 0 Å². The van der Waals surface area contributed by atoms with Crippen molar-refractivity contribution in [2.24, 2.45) is 0 Å². The van der Waals surface area contributed by atoms with Crippen LogP contribution >= 0.6 is 15.9 Å². The van der Waals surface area contributed by atoms with Crippen LogP contribution < -0.4 is 10.4 Å². The fraction of sp³-hybridized carbons (Fsp3) is 0.0270. The van der Waals surface area contributed by atoms with Crippen molar-refractivity contribution < 1.29 is 0 Å². The first-order chi connectivity index (χ1) is 18.6. The third-order valence-corrected chi connectivity index (χ3v) is 8.33. The van der Waals surface area contributed by atoms with E-state index in [1.807, 2.05) is 0 Å². The lowest BCUT2D eigenvalue weighted by atomic mass is 9.81. The third kappa shape index (κ3) is 3.66. The highest BCUT2D eigenvalue weighted by molar-refractivity contribution is 9.10. The summed E-state index contributed by atoms with van der Waals surface area (Å²) in [5.41, 5.74) is 9.57. The molecule has 0 atom stereocenters. The molecule has 0 saturated carbocycles. The molecule has 1 aliphatic carbocycles. The van der Waals surface area contributed by atoms with E-state index >= 15 is 0 Å². The summed E-state index contributed by atoms with van der Waals surface area (Å²) in [7, 11) is 0. The molecule has 0 amide bonds. The summed E-state index contributed by atoms with van der Waals surface area (Å²) < 4.78 is 1.06. The molecule has 0 N–H and O–H groups in total. The summed E-state index contributed by atoms with van der Waals surface area (Å²) in [6.07, 6.45) is 4.35. The quantitative estimate of drug-likeness (QED) is 0.193. The van der Waals surface area contributed by atoms with Gasteiger partial charge >= 0.3 is 0 Å². The summed E-state index contributed by atoms with van der Waals surface area (Å²) in [6.45, 7) is 6.90. The number of fused-ring (bicyclic) bond motifs is 4. The Balaban J connectivity index is 1.57. The number of rotatable bonds is 4. The van der Waals surface area contributed by atoms with Crippen molar-refractivity contribution >= 4 is 55.2 Å². The van der Waals surface area contributed by atoms with E-state index in [-0.39, 0.29) is 0 Å². The van der Waals surface area contributed by atoms with E-state index < -0.39 is 0 Å². The average molecular weight is 550 g/mol. The van der Waals surface area contributed by atoms with Crippen LogP contribution in [-0.2, 0) is 0 Å². The largest absolute Gasteiger partial charge is 0.0905 e. The van der Waals surface area contributed by atoms with Crippen molar-refractivity contribution in [1.82, 2.24) is 0 Å². The van der Waals surface area contributed by atoms with Crippen LogP contribution in [0.15, 0.2) is 120 Å². The maximum Gasteiger partial charge on any atom is 0.0175 e. The zero-order valence-electron chi connectivity index (χ0n) is 21.1. The molecule has 1 heteroatoms. The second-order valence-corrected chi connectivity index (χ2v) is 10.9. The Morgan fingerprint density at radius 1 is 0.605 bits per heavy atom. The first-order valence-electron chi connectivity index (χ1n) is 12.9. The van der Waals surface area contributed by atoms with E-state index in [4.69, 9.17) is 0 Å². The van der Waals surface area contributed by atoms with Gasteiger partial charge < -0.3 is 0 Å². The van der Waals surface area contributed by atoms with Gasteiger partial charge in [-0.3, -0.25) is 0 Å². The van der Waals surface area contributed by atoms with Crippen LogP contribution in [0.2, 0.25) is 0 Å². The molecule has 0 heterocycles. The zero-order chi connectivity index (χ0) is 25.8.